The monoisotopic (exact) mass is 493 g/mol. The summed E-state index contributed by atoms with van der Waals surface area (Å²) in [4.78, 5) is 36.3. The standard InChI is InChI=1S/C25H20ClN3O6/c1-33-21-4-2-3-18(11-21)28-23(30)14-34-20-9-6-16(7-10-20)25(32)35-15-24(31)29-19-8-5-17(13-27)22(26)12-19/h2-12H,14-15H2,1H3,(H,28,30)(H,29,31). The Morgan fingerprint density at radius 1 is 0.886 bits per heavy atom. The summed E-state index contributed by atoms with van der Waals surface area (Å²) in [6.07, 6.45) is 0. The van der Waals surface area contributed by atoms with Crippen LogP contribution in [0.5, 0.6) is 11.5 Å². The second-order valence-electron chi connectivity index (χ2n) is 7.02. The van der Waals surface area contributed by atoms with Gasteiger partial charge in [-0.25, -0.2) is 4.79 Å². The third-order valence-electron chi connectivity index (χ3n) is 4.52. The number of benzene rings is 3. The molecule has 10 heteroatoms. The predicted octanol–water partition coefficient (Wildman–Crippen LogP) is 4.03. The molecule has 0 aliphatic heterocycles. The van der Waals surface area contributed by atoms with E-state index in [2.05, 4.69) is 10.6 Å². The van der Waals surface area contributed by atoms with Crippen molar-refractivity contribution in [2.24, 2.45) is 0 Å². The first-order valence-corrected chi connectivity index (χ1v) is 10.6. The number of hydrogen-bond acceptors (Lipinski definition) is 7. The number of ether oxygens (including phenoxy) is 3. The molecule has 0 saturated heterocycles. The maximum atomic E-state index is 12.2. The molecule has 35 heavy (non-hydrogen) atoms. The van der Waals surface area contributed by atoms with Crippen LogP contribution in [0.3, 0.4) is 0 Å². The minimum atomic E-state index is -0.708. The van der Waals surface area contributed by atoms with Crippen LogP contribution in [0.4, 0.5) is 11.4 Å². The first-order chi connectivity index (χ1) is 16.9. The Balaban J connectivity index is 1.44. The number of methoxy groups -OCH3 is 1. The van der Waals surface area contributed by atoms with Gasteiger partial charge in [0.1, 0.15) is 17.6 Å². The molecule has 3 aromatic carbocycles. The zero-order valence-electron chi connectivity index (χ0n) is 18.5. The van der Waals surface area contributed by atoms with E-state index in [1.54, 1.807) is 24.3 Å². The number of nitriles is 1. The van der Waals surface area contributed by atoms with E-state index >= 15 is 0 Å². The molecular formula is C25H20ClN3O6. The highest BCUT2D eigenvalue weighted by atomic mass is 35.5. The number of carbonyl (C=O) groups is 3. The van der Waals surface area contributed by atoms with Gasteiger partial charge in [-0.3, -0.25) is 9.59 Å². The molecule has 0 bridgehead atoms. The van der Waals surface area contributed by atoms with E-state index in [0.29, 0.717) is 22.9 Å². The van der Waals surface area contributed by atoms with Gasteiger partial charge < -0.3 is 24.8 Å². The largest absolute Gasteiger partial charge is 0.497 e. The first kappa shape index (κ1) is 25.1. The molecular weight excluding hydrogens is 474 g/mol. The number of esters is 1. The van der Waals surface area contributed by atoms with E-state index in [0.717, 1.165) is 0 Å². The Kier molecular flexibility index (Phi) is 8.65. The lowest BCUT2D eigenvalue weighted by atomic mass is 10.2. The molecule has 2 N–H and O–H groups in total. The average Bonchev–Trinajstić information content (AvgIpc) is 2.86. The predicted molar refractivity (Wildman–Crippen MR) is 129 cm³/mol. The molecule has 0 radical (unpaired) electrons. The molecule has 0 heterocycles. The zero-order valence-corrected chi connectivity index (χ0v) is 19.3. The zero-order chi connectivity index (χ0) is 25.2. The van der Waals surface area contributed by atoms with Crippen molar-refractivity contribution in [3.05, 3.63) is 82.9 Å². The van der Waals surface area contributed by atoms with Crippen molar-refractivity contribution in [1.29, 1.82) is 5.26 Å². The van der Waals surface area contributed by atoms with Crippen molar-refractivity contribution >= 4 is 40.8 Å². The summed E-state index contributed by atoms with van der Waals surface area (Å²) in [7, 11) is 1.53. The minimum absolute atomic E-state index is 0.197. The maximum absolute atomic E-state index is 12.2. The van der Waals surface area contributed by atoms with Crippen LogP contribution in [-0.2, 0) is 14.3 Å². The Morgan fingerprint density at radius 2 is 1.57 bits per heavy atom. The molecule has 0 fully saturated rings. The lowest BCUT2D eigenvalue weighted by Crippen LogP contribution is -2.21. The Morgan fingerprint density at radius 3 is 2.23 bits per heavy atom. The number of anilines is 2. The second-order valence-corrected chi connectivity index (χ2v) is 7.43. The van der Waals surface area contributed by atoms with Gasteiger partial charge in [0, 0.05) is 17.4 Å². The van der Waals surface area contributed by atoms with Crippen molar-refractivity contribution in [1.82, 2.24) is 0 Å². The van der Waals surface area contributed by atoms with E-state index < -0.39 is 18.5 Å². The van der Waals surface area contributed by atoms with Gasteiger partial charge in [0.05, 0.1) is 23.3 Å². The van der Waals surface area contributed by atoms with Gasteiger partial charge in [-0.05, 0) is 54.6 Å². The van der Waals surface area contributed by atoms with Crippen LogP contribution >= 0.6 is 11.6 Å². The molecule has 0 spiro atoms. The normalized spacial score (nSPS) is 9.97. The van der Waals surface area contributed by atoms with E-state index in [1.165, 1.54) is 49.6 Å². The fourth-order valence-electron chi connectivity index (χ4n) is 2.83. The summed E-state index contributed by atoms with van der Waals surface area (Å²) in [6, 6.07) is 19.2. The van der Waals surface area contributed by atoms with Crippen molar-refractivity contribution < 1.29 is 28.6 Å². The number of rotatable bonds is 9. The van der Waals surface area contributed by atoms with Crippen molar-refractivity contribution in [2.45, 2.75) is 0 Å². The molecule has 0 aliphatic carbocycles. The van der Waals surface area contributed by atoms with Crippen LogP contribution in [0.25, 0.3) is 0 Å². The quantitative estimate of drug-likeness (QED) is 0.431. The van der Waals surface area contributed by atoms with Crippen LogP contribution in [0.2, 0.25) is 5.02 Å². The van der Waals surface area contributed by atoms with E-state index in [-0.39, 0.29) is 28.7 Å². The third kappa shape index (κ3) is 7.48. The number of halogens is 1. The smallest absolute Gasteiger partial charge is 0.338 e. The van der Waals surface area contributed by atoms with E-state index in [1.807, 2.05) is 6.07 Å². The number of nitrogens with zero attached hydrogens (tertiary/aromatic N) is 1. The van der Waals surface area contributed by atoms with E-state index in [9.17, 15) is 14.4 Å². The van der Waals surface area contributed by atoms with Crippen molar-refractivity contribution in [2.75, 3.05) is 31.0 Å². The van der Waals surface area contributed by atoms with Crippen LogP contribution in [0.1, 0.15) is 15.9 Å². The minimum Gasteiger partial charge on any atom is -0.497 e. The highest BCUT2D eigenvalue weighted by Crippen LogP contribution is 2.20. The summed E-state index contributed by atoms with van der Waals surface area (Å²) in [6.45, 7) is -0.750. The van der Waals surface area contributed by atoms with Crippen molar-refractivity contribution in [3.63, 3.8) is 0 Å². The van der Waals surface area contributed by atoms with Gasteiger partial charge in [0.15, 0.2) is 13.2 Å². The van der Waals surface area contributed by atoms with Gasteiger partial charge >= 0.3 is 5.97 Å². The SMILES string of the molecule is COc1cccc(NC(=O)COc2ccc(C(=O)OCC(=O)Nc3ccc(C#N)c(Cl)c3)cc2)c1. The van der Waals surface area contributed by atoms with Gasteiger partial charge in [0.25, 0.3) is 11.8 Å². The number of carbonyl (C=O) groups excluding carboxylic acids is 3. The molecule has 2 amide bonds. The number of amides is 2. The summed E-state index contributed by atoms with van der Waals surface area (Å²) >= 11 is 5.92. The van der Waals surface area contributed by atoms with Crippen LogP contribution in [-0.4, -0.2) is 38.1 Å². The van der Waals surface area contributed by atoms with Crippen molar-refractivity contribution in [3.8, 4) is 17.6 Å². The van der Waals surface area contributed by atoms with Crippen LogP contribution in [0.15, 0.2) is 66.7 Å². The summed E-state index contributed by atoms with van der Waals surface area (Å²) < 4.78 is 15.5. The van der Waals surface area contributed by atoms with Gasteiger partial charge in [0.2, 0.25) is 0 Å². The van der Waals surface area contributed by atoms with Gasteiger partial charge in [-0.15, -0.1) is 0 Å². The fourth-order valence-corrected chi connectivity index (χ4v) is 3.05. The third-order valence-corrected chi connectivity index (χ3v) is 4.83. The molecule has 0 aromatic heterocycles. The Bertz CT molecular complexity index is 1270. The Hall–Kier alpha value is -4.55. The molecule has 9 nitrogen and oxygen atoms in total. The second kappa shape index (κ2) is 12.1. The average molecular weight is 494 g/mol. The molecule has 0 unspecified atom stereocenters. The fraction of sp³-hybridized carbons (Fsp3) is 0.120. The first-order valence-electron chi connectivity index (χ1n) is 10.2. The van der Waals surface area contributed by atoms with Gasteiger partial charge in [-0.1, -0.05) is 17.7 Å². The Labute approximate surface area is 206 Å². The molecule has 3 aromatic rings. The summed E-state index contributed by atoms with van der Waals surface area (Å²) in [5.41, 5.74) is 1.42. The lowest BCUT2D eigenvalue weighted by Gasteiger charge is -2.09. The summed E-state index contributed by atoms with van der Waals surface area (Å²) in [5, 5.41) is 14.3. The number of hydrogen-bond donors (Lipinski definition) is 2. The van der Waals surface area contributed by atoms with Gasteiger partial charge in [-0.2, -0.15) is 5.26 Å². The molecule has 0 aliphatic rings. The maximum Gasteiger partial charge on any atom is 0.338 e. The molecule has 0 saturated carbocycles. The van der Waals surface area contributed by atoms with Crippen LogP contribution in [0, 0.1) is 11.3 Å². The highest BCUT2D eigenvalue weighted by molar-refractivity contribution is 6.32. The topological polar surface area (TPSA) is 127 Å². The lowest BCUT2D eigenvalue weighted by molar-refractivity contribution is -0.119. The highest BCUT2D eigenvalue weighted by Gasteiger charge is 2.12. The molecule has 178 valence electrons. The van der Waals surface area contributed by atoms with Crippen LogP contribution < -0.4 is 20.1 Å². The summed E-state index contributed by atoms with van der Waals surface area (Å²) in [5.74, 6) is -0.655. The van der Waals surface area contributed by atoms with E-state index in [4.69, 9.17) is 31.1 Å². The molecule has 0 atom stereocenters. The molecule has 3 rings (SSSR count). The number of nitrogens with one attached hydrogen (secondary N) is 2.